The lowest BCUT2D eigenvalue weighted by Crippen LogP contribution is -1.94. The van der Waals surface area contributed by atoms with Gasteiger partial charge in [0.2, 0.25) is 0 Å². The fourth-order valence-electron chi connectivity index (χ4n) is 1.69. The van der Waals surface area contributed by atoms with Crippen LogP contribution in [0, 0.1) is 0 Å². The number of carboxylic acid groups (broad SMARTS) is 1. The van der Waals surface area contributed by atoms with E-state index < -0.39 is 5.97 Å². The number of hydrogen-bond donors (Lipinski definition) is 1. The van der Waals surface area contributed by atoms with Gasteiger partial charge < -0.3 is 9.63 Å². The highest BCUT2D eigenvalue weighted by Gasteiger charge is 2.18. The molecule has 0 aliphatic rings. The van der Waals surface area contributed by atoms with Crippen LogP contribution in [-0.2, 0) is 0 Å². The van der Waals surface area contributed by atoms with Crippen molar-refractivity contribution in [3.63, 3.8) is 0 Å². The van der Waals surface area contributed by atoms with Gasteiger partial charge in [-0.25, -0.2) is 4.79 Å². The van der Waals surface area contributed by atoms with Crippen molar-refractivity contribution >= 4 is 39.0 Å². The molecule has 0 amide bonds. The molecule has 0 unspecified atom stereocenters. The van der Waals surface area contributed by atoms with Gasteiger partial charge in [-0.15, -0.1) is 11.3 Å². The van der Waals surface area contributed by atoms with Crippen LogP contribution in [0.1, 0.15) is 10.4 Å². The third-order valence-electron chi connectivity index (χ3n) is 2.51. The molecular formula is C12H6ClNO3S. The number of hydrogen-bond acceptors (Lipinski definition) is 4. The highest BCUT2D eigenvalue weighted by Crippen LogP contribution is 2.36. The van der Waals surface area contributed by atoms with Crippen molar-refractivity contribution in [2.24, 2.45) is 0 Å². The number of aromatic carboxylic acids is 1. The average molecular weight is 280 g/mol. The number of benzene rings is 1. The number of carboxylic acids is 1. The summed E-state index contributed by atoms with van der Waals surface area (Å²) in [5.41, 5.74) is 0.0626. The number of carbonyl (C=O) groups is 1. The molecule has 1 N–H and O–H groups in total. The van der Waals surface area contributed by atoms with Gasteiger partial charge in [0.1, 0.15) is 5.56 Å². The molecule has 3 aromatic rings. The zero-order chi connectivity index (χ0) is 12.7. The molecule has 0 atom stereocenters. The Morgan fingerprint density at radius 2 is 2.22 bits per heavy atom. The van der Waals surface area contributed by atoms with Crippen LogP contribution in [0.4, 0.5) is 0 Å². The van der Waals surface area contributed by atoms with Crippen LogP contribution in [0.2, 0.25) is 5.02 Å². The first-order chi connectivity index (χ1) is 8.65. The van der Waals surface area contributed by atoms with Crippen molar-refractivity contribution in [1.82, 2.24) is 5.16 Å². The van der Waals surface area contributed by atoms with Crippen molar-refractivity contribution in [3.05, 3.63) is 41.0 Å². The Balaban J connectivity index is 2.19. The van der Waals surface area contributed by atoms with Gasteiger partial charge >= 0.3 is 5.97 Å². The third-order valence-corrected chi connectivity index (χ3v) is 3.84. The summed E-state index contributed by atoms with van der Waals surface area (Å²) < 4.78 is 6.00. The van der Waals surface area contributed by atoms with E-state index >= 15 is 0 Å². The lowest BCUT2D eigenvalue weighted by molar-refractivity contribution is 0.0697. The first-order valence-corrected chi connectivity index (χ1v) is 6.22. The number of fused-ring (bicyclic) bond motifs is 1. The largest absolute Gasteiger partial charge is 0.477 e. The van der Waals surface area contributed by atoms with Crippen LogP contribution in [-0.4, -0.2) is 16.2 Å². The quantitative estimate of drug-likeness (QED) is 0.772. The third kappa shape index (κ3) is 1.77. The Hall–Kier alpha value is -1.85. The number of halogens is 1. The second-order valence-corrected chi connectivity index (χ2v) is 5.19. The van der Waals surface area contributed by atoms with E-state index in [0.717, 1.165) is 15.0 Å². The zero-order valence-electron chi connectivity index (χ0n) is 8.88. The van der Waals surface area contributed by atoms with E-state index in [4.69, 9.17) is 21.2 Å². The molecule has 0 aliphatic heterocycles. The number of rotatable bonds is 2. The summed E-state index contributed by atoms with van der Waals surface area (Å²) in [5, 5.41) is 14.2. The van der Waals surface area contributed by atoms with Gasteiger partial charge in [0, 0.05) is 9.72 Å². The van der Waals surface area contributed by atoms with Gasteiger partial charge in [0.25, 0.3) is 0 Å². The van der Waals surface area contributed by atoms with Crippen molar-refractivity contribution in [2.75, 3.05) is 0 Å². The minimum absolute atomic E-state index is 0.0626. The summed E-state index contributed by atoms with van der Waals surface area (Å²) >= 11 is 7.33. The molecule has 3 rings (SSSR count). The van der Waals surface area contributed by atoms with E-state index in [1.54, 1.807) is 6.07 Å². The predicted octanol–water partition coefficient (Wildman–Crippen LogP) is 3.91. The summed E-state index contributed by atoms with van der Waals surface area (Å²) in [6, 6.07) is 7.37. The SMILES string of the molecule is O=C(O)c1cnoc1-c1cc2ccc(Cl)cc2s1. The summed E-state index contributed by atoms with van der Waals surface area (Å²) in [5.74, 6) is -0.776. The fourth-order valence-corrected chi connectivity index (χ4v) is 3.02. The van der Waals surface area contributed by atoms with Crippen molar-refractivity contribution in [1.29, 1.82) is 0 Å². The number of thiophene rings is 1. The monoisotopic (exact) mass is 279 g/mol. The maximum atomic E-state index is 11.0. The lowest BCUT2D eigenvalue weighted by atomic mass is 10.2. The zero-order valence-corrected chi connectivity index (χ0v) is 10.5. The minimum Gasteiger partial charge on any atom is -0.477 e. The smallest absolute Gasteiger partial charge is 0.341 e. The molecule has 0 bridgehead atoms. The first-order valence-electron chi connectivity index (χ1n) is 5.02. The van der Waals surface area contributed by atoms with Gasteiger partial charge in [0.15, 0.2) is 5.76 Å². The average Bonchev–Trinajstić information content (AvgIpc) is 2.93. The van der Waals surface area contributed by atoms with Crippen LogP contribution in [0.5, 0.6) is 0 Å². The summed E-state index contributed by atoms with van der Waals surface area (Å²) in [6.45, 7) is 0. The second kappa shape index (κ2) is 4.12. The molecule has 0 spiro atoms. The molecule has 0 radical (unpaired) electrons. The van der Waals surface area contributed by atoms with E-state index in [0.29, 0.717) is 5.02 Å². The molecule has 2 heterocycles. The Morgan fingerprint density at radius 3 is 3.00 bits per heavy atom. The van der Waals surface area contributed by atoms with Crippen molar-refractivity contribution in [2.45, 2.75) is 0 Å². The summed E-state index contributed by atoms with van der Waals surface area (Å²) in [6.07, 6.45) is 1.20. The van der Waals surface area contributed by atoms with Crippen molar-refractivity contribution < 1.29 is 14.4 Å². The highest BCUT2D eigenvalue weighted by atomic mass is 35.5. The van der Waals surface area contributed by atoms with Gasteiger partial charge in [-0.2, -0.15) is 0 Å². The molecule has 0 aliphatic carbocycles. The Bertz CT molecular complexity index is 747. The molecule has 0 fully saturated rings. The van der Waals surface area contributed by atoms with Crippen LogP contribution >= 0.6 is 22.9 Å². The van der Waals surface area contributed by atoms with Crippen LogP contribution in [0.25, 0.3) is 20.7 Å². The molecule has 6 heteroatoms. The molecule has 1 aromatic carbocycles. The minimum atomic E-state index is -1.05. The molecule has 2 aromatic heterocycles. The van der Waals surface area contributed by atoms with Gasteiger partial charge in [0.05, 0.1) is 11.1 Å². The van der Waals surface area contributed by atoms with E-state index in [1.165, 1.54) is 17.5 Å². The number of aromatic nitrogens is 1. The molecule has 18 heavy (non-hydrogen) atoms. The van der Waals surface area contributed by atoms with Gasteiger partial charge in [-0.1, -0.05) is 22.8 Å². The second-order valence-electron chi connectivity index (χ2n) is 3.67. The highest BCUT2D eigenvalue weighted by molar-refractivity contribution is 7.22. The standard InChI is InChI=1S/C12H6ClNO3S/c13-7-2-1-6-3-10(18-9(6)4-7)11-8(12(15)16)5-14-17-11/h1-5H,(H,15,16). The summed E-state index contributed by atoms with van der Waals surface area (Å²) in [7, 11) is 0. The maximum Gasteiger partial charge on any atom is 0.341 e. The van der Waals surface area contributed by atoms with E-state index in [2.05, 4.69) is 5.16 Å². The fraction of sp³-hybridized carbons (Fsp3) is 0. The van der Waals surface area contributed by atoms with Crippen LogP contribution in [0.15, 0.2) is 35.0 Å². The van der Waals surface area contributed by atoms with Gasteiger partial charge in [-0.3, -0.25) is 0 Å². The van der Waals surface area contributed by atoms with Crippen LogP contribution in [0.3, 0.4) is 0 Å². The lowest BCUT2D eigenvalue weighted by Gasteiger charge is -1.90. The van der Waals surface area contributed by atoms with Crippen LogP contribution < -0.4 is 0 Å². The topological polar surface area (TPSA) is 63.3 Å². The van der Waals surface area contributed by atoms with E-state index in [1.807, 2.05) is 18.2 Å². The Kier molecular flexibility index (Phi) is 2.57. The molecule has 4 nitrogen and oxygen atoms in total. The normalized spacial score (nSPS) is 10.9. The van der Waals surface area contributed by atoms with Crippen molar-refractivity contribution in [3.8, 4) is 10.6 Å². The molecular weight excluding hydrogens is 274 g/mol. The van der Waals surface area contributed by atoms with E-state index in [-0.39, 0.29) is 11.3 Å². The molecule has 0 saturated carbocycles. The number of nitrogens with zero attached hydrogens (tertiary/aromatic N) is 1. The first kappa shape index (κ1) is 11.3. The van der Waals surface area contributed by atoms with Gasteiger partial charge in [-0.05, 0) is 23.6 Å². The molecule has 0 saturated heterocycles. The molecule has 90 valence electrons. The Morgan fingerprint density at radius 1 is 1.39 bits per heavy atom. The summed E-state index contributed by atoms with van der Waals surface area (Å²) in [4.78, 5) is 11.7. The maximum absolute atomic E-state index is 11.0. The predicted molar refractivity (Wildman–Crippen MR) is 69.3 cm³/mol. The Labute approximate surface area is 110 Å². The van der Waals surface area contributed by atoms with E-state index in [9.17, 15) is 4.79 Å².